The van der Waals surface area contributed by atoms with E-state index >= 15 is 0 Å². The van der Waals surface area contributed by atoms with E-state index in [1.807, 2.05) is 0 Å². The van der Waals surface area contributed by atoms with Crippen molar-refractivity contribution in [3.05, 3.63) is 18.0 Å². The SMILES string of the molecule is COc1ccc(-c2noc(CC(N)CC(C)C)n2)nn1. The number of methoxy groups -OCH3 is 1. The third-order valence-electron chi connectivity index (χ3n) is 2.76. The molecule has 0 saturated carbocycles. The number of hydrogen-bond donors (Lipinski definition) is 1. The zero-order valence-corrected chi connectivity index (χ0v) is 11.9. The summed E-state index contributed by atoms with van der Waals surface area (Å²) < 4.78 is 10.1. The van der Waals surface area contributed by atoms with Gasteiger partial charge in [-0.25, -0.2) is 0 Å². The van der Waals surface area contributed by atoms with Gasteiger partial charge in [0.1, 0.15) is 5.69 Å². The molecule has 0 aromatic carbocycles. The molecular formula is C13H19N5O2. The Bertz CT molecular complexity index is 538. The molecule has 0 aliphatic rings. The Morgan fingerprint density at radius 2 is 2.10 bits per heavy atom. The molecule has 1 atom stereocenters. The summed E-state index contributed by atoms with van der Waals surface area (Å²) in [4.78, 5) is 4.28. The van der Waals surface area contributed by atoms with Crippen LogP contribution in [0, 0.1) is 5.92 Å². The van der Waals surface area contributed by atoms with Gasteiger partial charge in [-0.2, -0.15) is 4.98 Å². The molecule has 7 nitrogen and oxygen atoms in total. The maximum Gasteiger partial charge on any atom is 0.233 e. The van der Waals surface area contributed by atoms with Crippen LogP contribution in [-0.2, 0) is 6.42 Å². The summed E-state index contributed by atoms with van der Waals surface area (Å²) in [6.45, 7) is 4.26. The molecular weight excluding hydrogens is 258 g/mol. The number of nitrogens with zero attached hydrogens (tertiary/aromatic N) is 4. The Morgan fingerprint density at radius 3 is 2.70 bits per heavy atom. The van der Waals surface area contributed by atoms with Crippen LogP contribution in [0.3, 0.4) is 0 Å². The van der Waals surface area contributed by atoms with E-state index < -0.39 is 0 Å². The van der Waals surface area contributed by atoms with Crippen LogP contribution in [0.4, 0.5) is 0 Å². The average molecular weight is 277 g/mol. The van der Waals surface area contributed by atoms with Gasteiger partial charge in [-0.1, -0.05) is 19.0 Å². The van der Waals surface area contributed by atoms with Crippen molar-refractivity contribution >= 4 is 0 Å². The standard InChI is InChI=1S/C13H19N5O2/c1-8(2)6-9(14)7-12-15-13(18-20-12)10-4-5-11(19-3)17-16-10/h4-5,8-9H,6-7,14H2,1-3H3. The van der Waals surface area contributed by atoms with Crippen molar-refractivity contribution in [3.8, 4) is 17.4 Å². The van der Waals surface area contributed by atoms with Gasteiger partial charge >= 0.3 is 0 Å². The van der Waals surface area contributed by atoms with E-state index in [4.69, 9.17) is 15.0 Å². The van der Waals surface area contributed by atoms with Gasteiger partial charge in [0.2, 0.25) is 17.6 Å². The summed E-state index contributed by atoms with van der Waals surface area (Å²) in [5.74, 6) is 1.91. The van der Waals surface area contributed by atoms with Crippen LogP contribution in [0.25, 0.3) is 11.5 Å². The third kappa shape index (κ3) is 3.74. The second-order valence-corrected chi connectivity index (χ2v) is 5.07. The predicted octanol–water partition coefficient (Wildman–Crippen LogP) is 1.45. The van der Waals surface area contributed by atoms with Gasteiger partial charge in [0, 0.05) is 18.5 Å². The molecule has 0 saturated heterocycles. The molecule has 0 spiro atoms. The minimum Gasteiger partial charge on any atom is -0.480 e. The fraction of sp³-hybridized carbons (Fsp3) is 0.538. The molecule has 2 aromatic heterocycles. The summed E-state index contributed by atoms with van der Waals surface area (Å²) in [5, 5.41) is 11.7. The Labute approximate surface area is 117 Å². The van der Waals surface area contributed by atoms with E-state index in [0.717, 1.165) is 6.42 Å². The molecule has 20 heavy (non-hydrogen) atoms. The van der Waals surface area contributed by atoms with Crippen molar-refractivity contribution in [2.45, 2.75) is 32.7 Å². The highest BCUT2D eigenvalue weighted by Crippen LogP contribution is 2.15. The average Bonchev–Trinajstić information content (AvgIpc) is 2.86. The third-order valence-corrected chi connectivity index (χ3v) is 2.76. The summed E-state index contributed by atoms with van der Waals surface area (Å²) >= 11 is 0. The van der Waals surface area contributed by atoms with Gasteiger partial charge in [0.05, 0.1) is 7.11 Å². The molecule has 7 heteroatoms. The van der Waals surface area contributed by atoms with Gasteiger partial charge in [0.25, 0.3) is 0 Å². The van der Waals surface area contributed by atoms with E-state index in [9.17, 15) is 0 Å². The molecule has 0 aliphatic carbocycles. The van der Waals surface area contributed by atoms with Crippen LogP contribution in [0.15, 0.2) is 16.7 Å². The van der Waals surface area contributed by atoms with E-state index in [-0.39, 0.29) is 6.04 Å². The second kappa shape index (κ2) is 6.42. The topological polar surface area (TPSA) is 100.0 Å². The lowest BCUT2D eigenvalue weighted by atomic mass is 10.0. The fourth-order valence-corrected chi connectivity index (χ4v) is 1.90. The van der Waals surface area contributed by atoms with Gasteiger partial charge in [-0.05, 0) is 18.4 Å². The summed E-state index contributed by atoms with van der Waals surface area (Å²) in [6.07, 6.45) is 1.48. The lowest BCUT2D eigenvalue weighted by Crippen LogP contribution is -2.24. The highest BCUT2D eigenvalue weighted by Gasteiger charge is 2.14. The first kappa shape index (κ1) is 14.4. The molecule has 2 N–H and O–H groups in total. The lowest BCUT2D eigenvalue weighted by Gasteiger charge is -2.10. The molecule has 108 valence electrons. The van der Waals surface area contributed by atoms with E-state index in [0.29, 0.717) is 35.6 Å². The second-order valence-electron chi connectivity index (χ2n) is 5.07. The van der Waals surface area contributed by atoms with Crippen LogP contribution in [-0.4, -0.2) is 33.5 Å². The monoisotopic (exact) mass is 277 g/mol. The van der Waals surface area contributed by atoms with Crippen LogP contribution in [0.2, 0.25) is 0 Å². The van der Waals surface area contributed by atoms with Crippen LogP contribution in [0.1, 0.15) is 26.2 Å². The Hall–Kier alpha value is -2.02. The maximum absolute atomic E-state index is 6.02. The van der Waals surface area contributed by atoms with Crippen molar-refractivity contribution in [2.24, 2.45) is 11.7 Å². The number of ether oxygens (including phenoxy) is 1. The zero-order chi connectivity index (χ0) is 14.5. The lowest BCUT2D eigenvalue weighted by molar-refractivity contribution is 0.359. The molecule has 0 amide bonds. The largest absolute Gasteiger partial charge is 0.480 e. The van der Waals surface area contributed by atoms with Crippen molar-refractivity contribution in [1.29, 1.82) is 0 Å². The minimum atomic E-state index is 0.0188. The fourth-order valence-electron chi connectivity index (χ4n) is 1.90. The molecule has 0 bridgehead atoms. The van der Waals surface area contributed by atoms with Crippen molar-refractivity contribution in [3.63, 3.8) is 0 Å². The van der Waals surface area contributed by atoms with Gasteiger partial charge < -0.3 is 15.0 Å². The summed E-state index contributed by atoms with van der Waals surface area (Å²) in [7, 11) is 1.53. The normalized spacial score (nSPS) is 12.7. The van der Waals surface area contributed by atoms with Gasteiger partial charge in [0.15, 0.2) is 0 Å². The smallest absolute Gasteiger partial charge is 0.233 e. The Balaban J connectivity index is 2.04. The zero-order valence-electron chi connectivity index (χ0n) is 11.9. The van der Waals surface area contributed by atoms with Gasteiger partial charge in [-0.15, -0.1) is 10.2 Å². The number of aromatic nitrogens is 4. The summed E-state index contributed by atoms with van der Waals surface area (Å²) in [5.41, 5.74) is 6.56. The quantitative estimate of drug-likeness (QED) is 0.852. The molecule has 2 aromatic rings. The van der Waals surface area contributed by atoms with Crippen LogP contribution < -0.4 is 10.5 Å². The molecule has 0 radical (unpaired) electrons. The number of rotatable bonds is 6. The Morgan fingerprint density at radius 1 is 1.30 bits per heavy atom. The number of hydrogen-bond acceptors (Lipinski definition) is 7. The maximum atomic E-state index is 6.02. The number of nitrogens with two attached hydrogens (primary N) is 1. The Kier molecular flexibility index (Phi) is 4.62. The highest BCUT2D eigenvalue weighted by atomic mass is 16.5. The van der Waals surface area contributed by atoms with Crippen molar-refractivity contribution in [2.75, 3.05) is 7.11 Å². The predicted molar refractivity (Wildman–Crippen MR) is 73.0 cm³/mol. The first-order valence-electron chi connectivity index (χ1n) is 6.54. The highest BCUT2D eigenvalue weighted by molar-refractivity contribution is 5.47. The molecule has 2 heterocycles. The van der Waals surface area contributed by atoms with Gasteiger partial charge in [-0.3, -0.25) is 0 Å². The van der Waals surface area contributed by atoms with E-state index in [1.165, 1.54) is 7.11 Å². The molecule has 2 rings (SSSR count). The van der Waals surface area contributed by atoms with Crippen LogP contribution >= 0.6 is 0 Å². The minimum absolute atomic E-state index is 0.0188. The summed E-state index contributed by atoms with van der Waals surface area (Å²) in [6, 6.07) is 3.45. The molecule has 1 unspecified atom stereocenters. The molecule has 0 aliphatic heterocycles. The first-order chi connectivity index (χ1) is 9.58. The van der Waals surface area contributed by atoms with E-state index in [2.05, 4.69) is 34.2 Å². The first-order valence-corrected chi connectivity index (χ1v) is 6.54. The van der Waals surface area contributed by atoms with Crippen LogP contribution in [0.5, 0.6) is 5.88 Å². The van der Waals surface area contributed by atoms with Crippen molar-refractivity contribution in [1.82, 2.24) is 20.3 Å². The molecule has 0 fully saturated rings. The van der Waals surface area contributed by atoms with Crippen molar-refractivity contribution < 1.29 is 9.26 Å². The van der Waals surface area contributed by atoms with E-state index in [1.54, 1.807) is 12.1 Å².